The number of hydrogen-bond acceptors (Lipinski definition) is 6. The third kappa shape index (κ3) is 7.29. The van der Waals surface area contributed by atoms with E-state index in [1.54, 1.807) is 13.1 Å². The van der Waals surface area contributed by atoms with Gasteiger partial charge in [-0.2, -0.15) is 0 Å². The van der Waals surface area contributed by atoms with Crippen molar-refractivity contribution >= 4 is 50.6 Å². The summed E-state index contributed by atoms with van der Waals surface area (Å²) in [5.74, 6) is 2.01. The highest BCUT2D eigenvalue weighted by atomic mass is 35.5. The van der Waals surface area contributed by atoms with Crippen molar-refractivity contribution in [3.05, 3.63) is 150 Å². The van der Waals surface area contributed by atoms with Crippen molar-refractivity contribution in [3.63, 3.8) is 0 Å². The molecule has 4 N–H and O–H groups in total. The molecular formula is C40H31Cl2N7. The van der Waals surface area contributed by atoms with Crippen molar-refractivity contribution in [1.29, 1.82) is 5.41 Å². The number of halogens is 2. The van der Waals surface area contributed by atoms with Gasteiger partial charge in [0.25, 0.3) is 0 Å². The van der Waals surface area contributed by atoms with E-state index in [2.05, 4.69) is 89.0 Å². The fourth-order valence-corrected chi connectivity index (χ4v) is 5.90. The Kier molecular flexibility index (Phi) is 9.30. The molecule has 0 spiro atoms. The fourth-order valence-electron chi connectivity index (χ4n) is 5.53. The number of fused-ring (bicyclic) bond motifs is 2. The van der Waals surface area contributed by atoms with Crippen LogP contribution < -0.4 is 16.2 Å². The van der Waals surface area contributed by atoms with E-state index in [1.807, 2.05) is 60.7 Å². The van der Waals surface area contributed by atoms with Gasteiger partial charge in [-0.15, -0.1) is 0 Å². The summed E-state index contributed by atoms with van der Waals surface area (Å²) in [6, 6.07) is 45.1. The predicted octanol–water partition coefficient (Wildman–Crippen LogP) is 9.13. The zero-order valence-electron chi connectivity index (χ0n) is 26.5. The highest BCUT2D eigenvalue weighted by Gasteiger charge is 2.14. The Balaban J connectivity index is 1.18. The first-order valence-corrected chi connectivity index (χ1v) is 16.5. The van der Waals surface area contributed by atoms with Crippen LogP contribution in [0.15, 0.2) is 145 Å². The van der Waals surface area contributed by atoms with Crippen LogP contribution in [0.3, 0.4) is 0 Å². The van der Waals surface area contributed by atoms with Crippen LogP contribution in [-0.4, -0.2) is 33.3 Å². The predicted molar refractivity (Wildman–Crippen MR) is 202 cm³/mol. The lowest BCUT2D eigenvalue weighted by atomic mass is 10.0. The van der Waals surface area contributed by atoms with E-state index in [0.29, 0.717) is 28.2 Å². The number of nitrogens with zero attached hydrogens (tertiary/aromatic N) is 3. The molecule has 1 aromatic heterocycles. The van der Waals surface area contributed by atoms with Crippen LogP contribution >= 0.6 is 23.2 Å². The topological polar surface area (TPSA) is 98.6 Å². The normalized spacial score (nSPS) is 12.2. The molecule has 0 saturated heterocycles. The van der Waals surface area contributed by atoms with Crippen LogP contribution in [0.25, 0.3) is 66.8 Å². The second-order valence-corrected chi connectivity index (χ2v) is 12.3. The minimum Gasteiger partial charge on any atom is -0.379 e. The summed E-state index contributed by atoms with van der Waals surface area (Å²) < 4.78 is 0. The third-order valence-electron chi connectivity index (χ3n) is 8.17. The monoisotopic (exact) mass is 679 g/mol. The lowest BCUT2D eigenvalue weighted by molar-refractivity contribution is 0.671. The molecule has 0 aliphatic heterocycles. The molecule has 1 atom stereocenters. The van der Waals surface area contributed by atoms with Crippen molar-refractivity contribution in [2.24, 2.45) is 0 Å². The van der Waals surface area contributed by atoms with E-state index in [-0.39, 0.29) is 5.84 Å². The molecule has 7 rings (SSSR count). The molecule has 0 fully saturated rings. The van der Waals surface area contributed by atoms with Crippen LogP contribution in [0.1, 0.15) is 5.56 Å². The van der Waals surface area contributed by atoms with Gasteiger partial charge in [-0.25, -0.2) is 20.4 Å². The molecule has 0 aliphatic rings. The maximum atomic E-state index is 8.37. The molecule has 0 bridgehead atoms. The van der Waals surface area contributed by atoms with E-state index < -0.39 is 5.50 Å². The number of nitrogens with one attached hydrogen (secondary N) is 4. The molecule has 1 unspecified atom stereocenters. The Hall–Kier alpha value is -5.60. The number of rotatable bonds is 9. The van der Waals surface area contributed by atoms with E-state index in [0.717, 1.165) is 49.4 Å². The van der Waals surface area contributed by atoms with Crippen LogP contribution in [0.5, 0.6) is 0 Å². The largest absolute Gasteiger partial charge is 0.379 e. The van der Waals surface area contributed by atoms with Crippen LogP contribution in [0.2, 0.25) is 0 Å². The Morgan fingerprint density at radius 3 is 1.53 bits per heavy atom. The average molecular weight is 681 g/mol. The fraction of sp³-hybridized carbons (Fsp3) is 0.0500. The van der Waals surface area contributed by atoms with Gasteiger partial charge in [0.15, 0.2) is 17.5 Å². The highest BCUT2D eigenvalue weighted by Crippen LogP contribution is 2.30. The molecule has 6 aromatic carbocycles. The first-order valence-electron chi connectivity index (χ1n) is 15.7. The van der Waals surface area contributed by atoms with Gasteiger partial charge in [0, 0.05) is 29.3 Å². The van der Waals surface area contributed by atoms with Crippen molar-refractivity contribution in [2.75, 3.05) is 7.05 Å². The van der Waals surface area contributed by atoms with Crippen molar-refractivity contribution in [3.8, 4) is 45.3 Å². The zero-order valence-corrected chi connectivity index (χ0v) is 28.0. The molecule has 0 saturated carbocycles. The first-order chi connectivity index (χ1) is 23.9. The van der Waals surface area contributed by atoms with Gasteiger partial charge < -0.3 is 10.7 Å². The van der Waals surface area contributed by atoms with Gasteiger partial charge in [-0.1, -0.05) is 145 Å². The number of amidine groups is 1. The number of benzene rings is 6. The zero-order chi connectivity index (χ0) is 33.7. The Labute approximate surface area is 294 Å². The molecule has 9 heteroatoms. The summed E-state index contributed by atoms with van der Waals surface area (Å²) in [7, 11) is 1.70. The Morgan fingerprint density at radius 2 is 1.02 bits per heavy atom. The molecular weight excluding hydrogens is 649 g/mol. The van der Waals surface area contributed by atoms with Gasteiger partial charge in [0.1, 0.15) is 16.5 Å². The van der Waals surface area contributed by atoms with Gasteiger partial charge in [-0.3, -0.25) is 5.41 Å². The second kappa shape index (κ2) is 14.3. The highest BCUT2D eigenvalue weighted by molar-refractivity contribution is 6.30. The summed E-state index contributed by atoms with van der Waals surface area (Å²) in [6.45, 7) is 0. The molecule has 240 valence electrons. The first kappa shape index (κ1) is 32.0. The minimum atomic E-state index is -0.602. The summed E-state index contributed by atoms with van der Waals surface area (Å²) in [5, 5.41) is 16.1. The summed E-state index contributed by atoms with van der Waals surface area (Å²) in [4.78, 5) is 14.9. The smallest absolute Gasteiger partial charge is 0.164 e. The maximum Gasteiger partial charge on any atom is 0.164 e. The van der Waals surface area contributed by atoms with Crippen LogP contribution in [-0.2, 0) is 0 Å². The van der Waals surface area contributed by atoms with Gasteiger partial charge >= 0.3 is 0 Å². The molecule has 0 amide bonds. The molecule has 1 heterocycles. The standard InChI is InChI=1S/C40H31Cl2N7/c1-44-35(41)24-36(42)48-49-37(43)29-16-10-27(11-17-29)28-12-18-30(19-13-28)38-45-39(33-20-14-25-6-2-4-8-31(25)22-33)47-40(46-38)34-21-15-26-7-3-5-9-32(26)23-34/h2-24,36,44,48H,1H3,(H2,43,49)/b35-24-. The summed E-state index contributed by atoms with van der Waals surface area (Å²) in [5.41, 5.74) is 10.5. The Morgan fingerprint density at radius 1 is 0.592 bits per heavy atom. The second-order valence-electron chi connectivity index (χ2n) is 11.4. The van der Waals surface area contributed by atoms with Gasteiger partial charge in [-0.05, 0) is 50.9 Å². The third-order valence-corrected chi connectivity index (χ3v) is 8.72. The van der Waals surface area contributed by atoms with Crippen molar-refractivity contribution in [2.45, 2.75) is 5.50 Å². The van der Waals surface area contributed by atoms with Crippen molar-refractivity contribution in [1.82, 2.24) is 31.1 Å². The molecule has 0 radical (unpaired) electrons. The van der Waals surface area contributed by atoms with Crippen LogP contribution in [0, 0.1) is 5.41 Å². The van der Waals surface area contributed by atoms with Gasteiger partial charge in [0.2, 0.25) is 0 Å². The molecule has 7 nitrogen and oxygen atoms in total. The maximum absolute atomic E-state index is 8.37. The van der Waals surface area contributed by atoms with Crippen LogP contribution in [0.4, 0.5) is 0 Å². The van der Waals surface area contributed by atoms with Crippen molar-refractivity contribution < 1.29 is 0 Å². The summed E-state index contributed by atoms with van der Waals surface area (Å²) >= 11 is 12.1. The minimum absolute atomic E-state index is 0.181. The summed E-state index contributed by atoms with van der Waals surface area (Å²) in [6.07, 6.45) is 1.58. The van der Waals surface area contributed by atoms with E-state index in [4.69, 9.17) is 43.6 Å². The van der Waals surface area contributed by atoms with Gasteiger partial charge in [0.05, 0.1) is 0 Å². The lowest BCUT2D eigenvalue weighted by Gasteiger charge is -2.13. The van der Waals surface area contributed by atoms with E-state index >= 15 is 0 Å². The number of aromatic nitrogens is 3. The number of alkyl halides is 1. The van der Waals surface area contributed by atoms with E-state index in [9.17, 15) is 0 Å². The SMILES string of the molecule is CN/C(Cl)=C\C(Cl)NNC(=N)c1ccc(-c2ccc(-c3nc(-c4ccc5ccccc5c4)nc(-c4ccc5ccccc5c4)n3)cc2)cc1. The number of hydrogen-bond donors (Lipinski definition) is 4. The number of hydrazine groups is 1. The molecule has 49 heavy (non-hydrogen) atoms. The molecule has 7 aromatic rings. The average Bonchev–Trinajstić information content (AvgIpc) is 3.16. The molecule has 0 aliphatic carbocycles. The van der Waals surface area contributed by atoms with E-state index in [1.165, 1.54) is 0 Å². The Bertz CT molecular complexity index is 2220. The lowest BCUT2D eigenvalue weighted by Crippen LogP contribution is -2.41. The quantitative estimate of drug-likeness (QED) is 0.0399.